The van der Waals surface area contributed by atoms with E-state index in [-0.39, 0.29) is 12.1 Å². The Morgan fingerprint density at radius 1 is 1.42 bits per heavy atom. The van der Waals surface area contributed by atoms with Crippen molar-refractivity contribution >= 4 is 11.6 Å². The van der Waals surface area contributed by atoms with Gasteiger partial charge in [0.1, 0.15) is 6.42 Å². The minimum Gasteiger partial charge on any atom is -0.487 e. The standard InChI is InChI=1S/C13H12F2N2O2/c14-10-5-9(17-12(18)3-4-16)6-11(15)13(10)19-7-8-1-2-8/h5-6,8H,1-3,7H2,(H,17,18). The highest BCUT2D eigenvalue weighted by Crippen LogP contribution is 2.32. The van der Waals surface area contributed by atoms with E-state index in [1.54, 1.807) is 6.07 Å². The Labute approximate surface area is 109 Å². The van der Waals surface area contributed by atoms with Crippen LogP contribution in [0, 0.1) is 28.9 Å². The summed E-state index contributed by atoms with van der Waals surface area (Å²) in [6.07, 6.45) is 1.67. The maximum atomic E-state index is 13.6. The van der Waals surface area contributed by atoms with Gasteiger partial charge in [-0.25, -0.2) is 8.78 Å². The number of anilines is 1. The van der Waals surface area contributed by atoms with Crippen LogP contribution in [-0.2, 0) is 4.79 Å². The number of carbonyl (C=O) groups excluding carboxylic acids is 1. The number of hydrogen-bond acceptors (Lipinski definition) is 3. The van der Waals surface area contributed by atoms with Crippen LogP contribution in [0.25, 0.3) is 0 Å². The molecule has 1 aliphatic carbocycles. The monoisotopic (exact) mass is 266 g/mol. The zero-order valence-electron chi connectivity index (χ0n) is 10.1. The van der Waals surface area contributed by atoms with Crippen molar-refractivity contribution in [3.05, 3.63) is 23.8 Å². The van der Waals surface area contributed by atoms with Crippen LogP contribution in [0.4, 0.5) is 14.5 Å². The van der Waals surface area contributed by atoms with E-state index < -0.39 is 23.3 Å². The third-order valence-electron chi connectivity index (χ3n) is 2.68. The molecule has 0 aliphatic heterocycles. The van der Waals surface area contributed by atoms with Crippen molar-refractivity contribution in [3.8, 4) is 11.8 Å². The molecule has 1 saturated carbocycles. The van der Waals surface area contributed by atoms with Crippen LogP contribution in [0.15, 0.2) is 12.1 Å². The van der Waals surface area contributed by atoms with Crippen LogP contribution in [-0.4, -0.2) is 12.5 Å². The van der Waals surface area contributed by atoms with Gasteiger partial charge in [0.15, 0.2) is 17.4 Å². The van der Waals surface area contributed by atoms with E-state index in [1.165, 1.54) is 0 Å². The van der Waals surface area contributed by atoms with Crippen LogP contribution in [0.1, 0.15) is 19.3 Å². The number of benzene rings is 1. The third-order valence-corrected chi connectivity index (χ3v) is 2.68. The largest absolute Gasteiger partial charge is 0.487 e. The highest BCUT2D eigenvalue weighted by molar-refractivity contribution is 5.92. The van der Waals surface area contributed by atoms with Gasteiger partial charge in [0.25, 0.3) is 0 Å². The predicted molar refractivity (Wildman–Crippen MR) is 63.4 cm³/mol. The first-order chi connectivity index (χ1) is 9.10. The molecule has 0 aromatic heterocycles. The molecule has 0 radical (unpaired) electrons. The van der Waals surface area contributed by atoms with E-state index in [2.05, 4.69) is 5.32 Å². The SMILES string of the molecule is N#CCC(=O)Nc1cc(F)c(OCC2CC2)c(F)c1. The van der Waals surface area contributed by atoms with Crippen LogP contribution < -0.4 is 10.1 Å². The smallest absolute Gasteiger partial charge is 0.238 e. The number of ether oxygens (including phenoxy) is 1. The summed E-state index contributed by atoms with van der Waals surface area (Å²) in [5.74, 6) is -2.40. The molecule has 1 aromatic rings. The summed E-state index contributed by atoms with van der Waals surface area (Å²) in [5, 5.41) is 10.5. The van der Waals surface area contributed by atoms with Crippen LogP contribution in [0.5, 0.6) is 5.75 Å². The Balaban J connectivity index is 2.06. The van der Waals surface area contributed by atoms with Gasteiger partial charge in [-0.05, 0) is 18.8 Å². The summed E-state index contributed by atoms with van der Waals surface area (Å²) >= 11 is 0. The Bertz CT molecular complexity index is 513. The summed E-state index contributed by atoms with van der Waals surface area (Å²) in [6.45, 7) is 0.300. The molecule has 0 heterocycles. The van der Waals surface area contributed by atoms with Crippen LogP contribution in [0.3, 0.4) is 0 Å². The van der Waals surface area contributed by atoms with Crippen molar-refractivity contribution in [2.24, 2.45) is 5.92 Å². The normalized spacial score (nSPS) is 13.7. The molecule has 1 aliphatic rings. The van der Waals surface area contributed by atoms with Crippen molar-refractivity contribution in [2.45, 2.75) is 19.3 Å². The molecule has 1 N–H and O–H groups in total. The predicted octanol–water partition coefficient (Wildman–Crippen LogP) is 2.61. The van der Waals surface area contributed by atoms with Gasteiger partial charge < -0.3 is 10.1 Å². The van der Waals surface area contributed by atoms with Crippen molar-refractivity contribution in [1.29, 1.82) is 5.26 Å². The molecule has 4 nitrogen and oxygen atoms in total. The van der Waals surface area contributed by atoms with Gasteiger partial charge in [-0.3, -0.25) is 4.79 Å². The topological polar surface area (TPSA) is 62.1 Å². The van der Waals surface area contributed by atoms with E-state index in [9.17, 15) is 13.6 Å². The van der Waals surface area contributed by atoms with E-state index in [0.717, 1.165) is 25.0 Å². The molecule has 1 amide bonds. The Kier molecular flexibility index (Phi) is 3.95. The lowest BCUT2D eigenvalue weighted by Gasteiger charge is -2.10. The van der Waals surface area contributed by atoms with Gasteiger partial charge >= 0.3 is 0 Å². The summed E-state index contributed by atoms with van der Waals surface area (Å²) < 4.78 is 32.4. The molecule has 0 unspecified atom stereocenters. The molecule has 0 atom stereocenters. The average Bonchev–Trinajstić information content (AvgIpc) is 3.12. The molecule has 6 heteroatoms. The first-order valence-corrected chi connectivity index (χ1v) is 5.89. The molecule has 0 bridgehead atoms. The molecular weight excluding hydrogens is 254 g/mol. The van der Waals surface area contributed by atoms with E-state index >= 15 is 0 Å². The molecule has 1 fully saturated rings. The average molecular weight is 266 g/mol. The number of rotatable bonds is 5. The summed E-state index contributed by atoms with van der Waals surface area (Å²) in [5.41, 5.74) is -0.0333. The van der Waals surface area contributed by atoms with Crippen molar-refractivity contribution in [2.75, 3.05) is 11.9 Å². The summed E-state index contributed by atoms with van der Waals surface area (Å²) in [7, 11) is 0. The van der Waals surface area contributed by atoms with Gasteiger partial charge in [-0.2, -0.15) is 5.26 Å². The lowest BCUT2D eigenvalue weighted by atomic mass is 10.2. The first kappa shape index (κ1) is 13.3. The van der Waals surface area contributed by atoms with Crippen molar-refractivity contribution in [3.63, 3.8) is 0 Å². The lowest BCUT2D eigenvalue weighted by Crippen LogP contribution is -2.11. The van der Waals surface area contributed by atoms with E-state index in [4.69, 9.17) is 10.00 Å². The zero-order valence-corrected chi connectivity index (χ0v) is 10.1. The van der Waals surface area contributed by atoms with Crippen molar-refractivity contribution in [1.82, 2.24) is 0 Å². The minimum absolute atomic E-state index is 0.0333. The number of nitrogens with one attached hydrogen (secondary N) is 1. The Hall–Kier alpha value is -2.16. The Morgan fingerprint density at radius 2 is 2.05 bits per heavy atom. The first-order valence-electron chi connectivity index (χ1n) is 5.89. The maximum absolute atomic E-state index is 13.6. The van der Waals surface area contributed by atoms with Gasteiger partial charge in [0.05, 0.1) is 12.7 Å². The summed E-state index contributed by atoms with van der Waals surface area (Å²) in [6, 6.07) is 3.59. The fourth-order valence-electron chi connectivity index (χ4n) is 1.53. The molecular formula is C13H12F2N2O2. The van der Waals surface area contributed by atoms with Gasteiger partial charge in [0.2, 0.25) is 5.91 Å². The third kappa shape index (κ3) is 3.65. The maximum Gasteiger partial charge on any atom is 0.238 e. The quantitative estimate of drug-likeness (QED) is 0.891. The molecule has 19 heavy (non-hydrogen) atoms. The number of halogens is 2. The molecule has 100 valence electrons. The second-order valence-electron chi connectivity index (χ2n) is 4.41. The fraction of sp³-hybridized carbons (Fsp3) is 0.385. The van der Waals surface area contributed by atoms with Gasteiger partial charge in [0, 0.05) is 17.8 Å². The molecule has 2 rings (SSSR count). The molecule has 0 saturated heterocycles. The second kappa shape index (κ2) is 5.65. The molecule has 0 spiro atoms. The van der Waals surface area contributed by atoms with E-state index in [1.807, 2.05) is 0 Å². The van der Waals surface area contributed by atoms with Gasteiger partial charge in [-0.15, -0.1) is 0 Å². The zero-order chi connectivity index (χ0) is 13.8. The summed E-state index contributed by atoms with van der Waals surface area (Å²) in [4.78, 5) is 11.1. The number of hydrogen-bond donors (Lipinski definition) is 1. The second-order valence-corrected chi connectivity index (χ2v) is 4.41. The van der Waals surface area contributed by atoms with Crippen LogP contribution in [0.2, 0.25) is 0 Å². The lowest BCUT2D eigenvalue weighted by molar-refractivity contribution is -0.115. The number of nitrogens with zero attached hydrogens (tertiary/aromatic N) is 1. The van der Waals surface area contributed by atoms with Crippen molar-refractivity contribution < 1.29 is 18.3 Å². The molecule has 1 aromatic carbocycles. The van der Waals surface area contributed by atoms with Crippen LogP contribution >= 0.6 is 0 Å². The number of amides is 1. The Morgan fingerprint density at radius 3 is 2.58 bits per heavy atom. The number of carbonyl (C=O) groups is 1. The highest BCUT2D eigenvalue weighted by Gasteiger charge is 2.23. The highest BCUT2D eigenvalue weighted by atomic mass is 19.1. The van der Waals surface area contributed by atoms with E-state index in [0.29, 0.717) is 12.5 Å². The number of nitriles is 1. The fourth-order valence-corrected chi connectivity index (χ4v) is 1.53. The minimum atomic E-state index is -0.868. The van der Waals surface area contributed by atoms with Gasteiger partial charge in [-0.1, -0.05) is 0 Å².